The fourth-order valence-corrected chi connectivity index (χ4v) is 3.96. The largest absolute Gasteiger partial charge is 0.368 e. The molecule has 1 aromatic carbocycles. The van der Waals surface area contributed by atoms with E-state index in [2.05, 4.69) is 66.0 Å². The van der Waals surface area contributed by atoms with Crippen molar-refractivity contribution in [2.24, 2.45) is 0 Å². The van der Waals surface area contributed by atoms with Crippen molar-refractivity contribution in [2.45, 2.75) is 46.1 Å². The minimum absolute atomic E-state index is 0.282. The van der Waals surface area contributed by atoms with E-state index in [-0.39, 0.29) is 5.54 Å². The molecule has 0 radical (unpaired) electrons. The first kappa shape index (κ1) is 14.9. The molecule has 0 atom stereocenters. The number of rotatable bonds is 3. The lowest BCUT2D eigenvalue weighted by Gasteiger charge is -2.45. The molecule has 1 heterocycles. The average molecular weight is 325 g/mol. The molecular formula is C16H25BrN2. The molecule has 19 heavy (non-hydrogen) atoms. The first-order chi connectivity index (χ1) is 9.01. The number of hydrogen-bond donors (Lipinski definition) is 1. The van der Waals surface area contributed by atoms with Crippen molar-refractivity contribution in [1.82, 2.24) is 5.32 Å². The molecule has 1 aliphatic heterocycles. The van der Waals surface area contributed by atoms with Crippen LogP contribution in [-0.4, -0.2) is 25.2 Å². The first-order valence-corrected chi connectivity index (χ1v) is 8.07. The van der Waals surface area contributed by atoms with E-state index < -0.39 is 0 Å². The van der Waals surface area contributed by atoms with Crippen molar-refractivity contribution in [3.05, 3.63) is 27.7 Å². The van der Waals surface area contributed by atoms with Gasteiger partial charge in [-0.1, -0.05) is 29.8 Å². The molecule has 2 rings (SSSR count). The molecule has 1 fully saturated rings. The van der Waals surface area contributed by atoms with Crippen molar-refractivity contribution in [2.75, 3.05) is 24.5 Å². The predicted octanol–water partition coefficient (Wildman–Crippen LogP) is 4.03. The number of nitrogens with zero attached hydrogens (tertiary/aromatic N) is 1. The Morgan fingerprint density at radius 2 is 1.79 bits per heavy atom. The lowest BCUT2D eigenvalue weighted by atomic mass is 9.89. The van der Waals surface area contributed by atoms with E-state index in [1.807, 2.05) is 0 Å². The molecule has 0 amide bonds. The van der Waals surface area contributed by atoms with Gasteiger partial charge in [-0.05, 0) is 49.9 Å². The molecule has 0 bridgehead atoms. The van der Waals surface area contributed by atoms with Crippen LogP contribution in [0.25, 0.3) is 0 Å². The summed E-state index contributed by atoms with van der Waals surface area (Å²) in [6.45, 7) is 12.3. The normalized spacial score (nSPS) is 18.7. The first-order valence-electron chi connectivity index (χ1n) is 7.28. The third-order valence-electron chi connectivity index (χ3n) is 4.50. The third kappa shape index (κ3) is 2.97. The van der Waals surface area contributed by atoms with Crippen LogP contribution < -0.4 is 10.2 Å². The number of anilines is 1. The van der Waals surface area contributed by atoms with Crippen LogP contribution in [0.1, 0.15) is 37.8 Å². The Hall–Kier alpha value is -0.540. The highest BCUT2D eigenvalue weighted by molar-refractivity contribution is 9.10. The predicted molar refractivity (Wildman–Crippen MR) is 87.1 cm³/mol. The summed E-state index contributed by atoms with van der Waals surface area (Å²) in [6, 6.07) is 4.45. The second-order valence-electron chi connectivity index (χ2n) is 5.72. The zero-order valence-electron chi connectivity index (χ0n) is 12.5. The number of benzene rings is 1. The maximum absolute atomic E-state index is 3.73. The Balaban J connectivity index is 2.32. The quantitative estimate of drug-likeness (QED) is 0.902. The Morgan fingerprint density at radius 1 is 1.21 bits per heavy atom. The van der Waals surface area contributed by atoms with Gasteiger partial charge < -0.3 is 10.2 Å². The lowest BCUT2D eigenvalue weighted by Crippen LogP contribution is -2.60. The van der Waals surface area contributed by atoms with Gasteiger partial charge in [-0.15, -0.1) is 0 Å². The lowest BCUT2D eigenvalue weighted by molar-refractivity contribution is 0.277. The molecule has 3 heteroatoms. The van der Waals surface area contributed by atoms with Gasteiger partial charge in [0.05, 0.1) is 0 Å². The van der Waals surface area contributed by atoms with Crippen LogP contribution in [0.4, 0.5) is 5.69 Å². The van der Waals surface area contributed by atoms with E-state index >= 15 is 0 Å². The minimum Gasteiger partial charge on any atom is -0.368 e. The third-order valence-corrected chi connectivity index (χ3v) is 4.96. The summed E-state index contributed by atoms with van der Waals surface area (Å²) in [5, 5.41) is 3.73. The summed E-state index contributed by atoms with van der Waals surface area (Å²) in [4.78, 5) is 2.57. The van der Waals surface area contributed by atoms with Gasteiger partial charge in [0.2, 0.25) is 0 Å². The highest BCUT2D eigenvalue weighted by Crippen LogP contribution is 2.32. The highest BCUT2D eigenvalue weighted by Gasteiger charge is 2.32. The Bertz CT molecular complexity index is 429. The standard InChI is InChI=1S/C16H25BrN2/c1-5-16(6-2)11-19(8-7-18-16)15-12(3)9-14(17)10-13(15)4/h9-10,18H,5-8,11H2,1-4H3. The molecule has 1 aliphatic rings. The van der Waals surface area contributed by atoms with E-state index in [4.69, 9.17) is 0 Å². The number of aryl methyl sites for hydroxylation is 2. The summed E-state index contributed by atoms with van der Waals surface area (Å²) < 4.78 is 1.18. The Labute approximate surface area is 125 Å². The van der Waals surface area contributed by atoms with E-state index in [0.717, 1.165) is 19.6 Å². The smallest absolute Gasteiger partial charge is 0.0427 e. The van der Waals surface area contributed by atoms with Crippen LogP contribution in [0.2, 0.25) is 0 Å². The Morgan fingerprint density at radius 3 is 2.32 bits per heavy atom. The summed E-state index contributed by atoms with van der Waals surface area (Å²) in [7, 11) is 0. The van der Waals surface area contributed by atoms with Crippen molar-refractivity contribution < 1.29 is 0 Å². The monoisotopic (exact) mass is 324 g/mol. The maximum Gasteiger partial charge on any atom is 0.0427 e. The van der Waals surface area contributed by atoms with E-state index in [1.54, 1.807) is 0 Å². The van der Waals surface area contributed by atoms with E-state index in [9.17, 15) is 0 Å². The summed E-state index contributed by atoms with van der Waals surface area (Å²) in [5.74, 6) is 0. The molecule has 0 aromatic heterocycles. The molecule has 0 spiro atoms. The van der Waals surface area contributed by atoms with Gasteiger partial charge in [-0.2, -0.15) is 0 Å². The number of halogens is 1. The number of nitrogens with one attached hydrogen (secondary N) is 1. The Kier molecular flexibility index (Phi) is 4.57. The fourth-order valence-electron chi connectivity index (χ4n) is 3.27. The zero-order chi connectivity index (χ0) is 14.0. The average Bonchev–Trinajstić information content (AvgIpc) is 2.37. The van der Waals surface area contributed by atoms with Crippen molar-refractivity contribution in [3.8, 4) is 0 Å². The van der Waals surface area contributed by atoms with Crippen molar-refractivity contribution >= 4 is 21.6 Å². The van der Waals surface area contributed by atoms with E-state index in [1.165, 1.54) is 34.1 Å². The van der Waals surface area contributed by atoms with Gasteiger partial charge in [0.1, 0.15) is 0 Å². The van der Waals surface area contributed by atoms with Crippen LogP contribution in [0, 0.1) is 13.8 Å². The second-order valence-corrected chi connectivity index (χ2v) is 6.64. The molecule has 0 unspecified atom stereocenters. The fraction of sp³-hybridized carbons (Fsp3) is 0.625. The number of hydrogen-bond acceptors (Lipinski definition) is 2. The highest BCUT2D eigenvalue weighted by atomic mass is 79.9. The van der Waals surface area contributed by atoms with Crippen LogP contribution in [0.5, 0.6) is 0 Å². The minimum atomic E-state index is 0.282. The summed E-state index contributed by atoms with van der Waals surface area (Å²) in [5.41, 5.74) is 4.45. The summed E-state index contributed by atoms with van der Waals surface area (Å²) >= 11 is 3.59. The topological polar surface area (TPSA) is 15.3 Å². The van der Waals surface area contributed by atoms with Gasteiger partial charge in [-0.25, -0.2) is 0 Å². The van der Waals surface area contributed by atoms with Gasteiger partial charge in [-0.3, -0.25) is 0 Å². The van der Waals surface area contributed by atoms with Gasteiger partial charge in [0.25, 0.3) is 0 Å². The zero-order valence-corrected chi connectivity index (χ0v) is 14.1. The summed E-state index contributed by atoms with van der Waals surface area (Å²) in [6.07, 6.45) is 2.38. The molecule has 0 saturated carbocycles. The van der Waals surface area contributed by atoms with Crippen molar-refractivity contribution in [3.63, 3.8) is 0 Å². The van der Waals surface area contributed by atoms with Gasteiger partial charge >= 0.3 is 0 Å². The molecule has 1 saturated heterocycles. The molecule has 2 nitrogen and oxygen atoms in total. The number of piperazine rings is 1. The van der Waals surface area contributed by atoms with Crippen LogP contribution >= 0.6 is 15.9 Å². The molecule has 1 N–H and O–H groups in total. The van der Waals surface area contributed by atoms with Crippen LogP contribution in [-0.2, 0) is 0 Å². The van der Waals surface area contributed by atoms with Gasteiger partial charge in [0.15, 0.2) is 0 Å². The molecular weight excluding hydrogens is 300 g/mol. The van der Waals surface area contributed by atoms with Crippen LogP contribution in [0.15, 0.2) is 16.6 Å². The molecule has 1 aromatic rings. The van der Waals surface area contributed by atoms with Gasteiger partial charge in [0, 0.05) is 35.3 Å². The SMILES string of the molecule is CCC1(CC)CN(c2c(C)cc(Br)cc2C)CCN1. The van der Waals surface area contributed by atoms with E-state index in [0.29, 0.717) is 0 Å². The molecule has 0 aliphatic carbocycles. The molecule has 106 valence electrons. The van der Waals surface area contributed by atoms with Crippen molar-refractivity contribution in [1.29, 1.82) is 0 Å². The maximum atomic E-state index is 3.73. The second kappa shape index (κ2) is 5.84. The van der Waals surface area contributed by atoms with Crippen LogP contribution in [0.3, 0.4) is 0 Å².